The van der Waals surface area contributed by atoms with E-state index in [-0.39, 0.29) is 5.78 Å². The maximum atomic E-state index is 12.5. The lowest BCUT2D eigenvalue weighted by Crippen LogP contribution is -2.02. The monoisotopic (exact) mass is 267 g/mol. The average molecular weight is 267 g/mol. The van der Waals surface area contributed by atoms with E-state index in [1.54, 1.807) is 43.9 Å². The molecule has 0 spiro atoms. The van der Waals surface area contributed by atoms with Gasteiger partial charge >= 0.3 is 0 Å². The van der Waals surface area contributed by atoms with Gasteiger partial charge in [0.05, 0.1) is 12.8 Å². The highest BCUT2D eigenvalue weighted by atomic mass is 16.5. The molecule has 2 aromatic heterocycles. The van der Waals surface area contributed by atoms with Crippen molar-refractivity contribution >= 4 is 22.4 Å². The van der Waals surface area contributed by atoms with Crippen LogP contribution in [0.3, 0.4) is 0 Å². The molecule has 0 saturated carbocycles. The number of anilines is 1. The van der Waals surface area contributed by atoms with E-state index in [1.165, 1.54) is 0 Å². The van der Waals surface area contributed by atoms with Gasteiger partial charge in [-0.05, 0) is 24.3 Å². The van der Waals surface area contributed by atoms with Crippen LogP contribution < -0.4 is 10.5 Å². The molecule has 0 radical (unpaired) electrons. The molecule has 2 heterocycles. The van der Waals surface area contributed by atoms with Crippen LogP contribution in [0.25, 0.3) is 10.9 Å². The molecule has 3 N–H and O–H groups in total. The number of nitrogens with one attached hydrogen (secondary N) is 1. The summed E-state index contributed by atoms with van der Waals surface area (Å²) in [5.74, 6) is 0.459. The van der Waals surface area contributed by atoms with Gasteiger partial charge in [-0.1, -0.05) is 0 Å². The standard InChI is InChI=1S/C15H13N3O2/c1-20-14-3-2-9(6-12(14)16)15(19)11-8-18-13-4-5-17-7-10(11)13/h2-8,18H,16H2,1H3. The van der Waals surface area contributed by atoms with E-state index in [4.69, 9.17) is 10.5 Å². The Morgan fingerprint density at radius 2 is 2.20 bits per heavy atom. The predicted molar refractivity (Wildman–Crippen MR) is 76.9 cm³/mol. The van der Waals surface area contributed by atoms with Crippen LogP contribution in [0.4, 0.5) is 5.69 Å². The second-order valence-electron chi connectivity index (χ2n) is 4.41. The Kier molecular flexibility index (Phi) is 2.87. The Morgan fingerprint density at radius 3 is 2.95 bits per heavy atom. The van der Waals surface area contributed by atoms with E-state index < -0.39 is 0 Å². The van der Waals surface area contributed by atoms with Crippen LogP contribution in [0.1, 0.15) is 15.9 Å². The summed E-state index contributed by atoms with van der Waals surface area (Å²) < 4.78 is 5.09. The lowest BCUT2D eigenvalue weighted by Gasteiger charge is -2.06. The van der Waals surface area contributed by atoms with E-state index in [1.807, 2.05) is 6.07 Å². The van der Waals surface area contributed by atoms with Crippen molar-refractivity contribution in [1.29, 1.82) is 0 Å². The number of H-pyrrole nitrogens is 1. The molecule has 3 aromatic rings. The molecule has 0 aliphatic carbocycles. The van der Waals surface area contributed by atoms with Gasteiger partial charge in [0.2, 0.25) is 0 Å². The minimum absolute atomic E-state index is 0.0985. The van der Waals surface area contributed by atoms with Gasteiger partial charge in [-0.2, -0.15) is 0 Å². The Bertz CT molecular complexity index is 793. The number of ketones is 1. The Hall–Kier alpha value is -2.82. The number of hydrogen-bond acceptors (Lipinski definition) is 4. The molecule has 0 atom stereocenters. The van der Waals surface area contributed by atoms with Crippen molar-refractivity contribution in [2.75, 3.05) is 12.8 Å². The molecule has 0 unspecified atom stereocenters. The first kappa shape index (κ1) is 12.2. The Balaban J connectivity index is 2.06. The van der Waals surface area contributed by atoms with Crippen LogP contribution >= 0.6 is 0 Å². The van der Waals surface area contributed by atoms with Crippen molar-refractivity contribution in [1.82, 2.24) is 9.97 Å². The topological polar surface area (TPSA) is 81.0 Å². The zero-order valence-corrected chi connectivity index (χ0v) is 10.9. The number of nitrogens with two attached hydrogens (primary N) is 1. The molecular weight excluding hydrogens is 254 g/mol. The molecule has 3 rings (SSSR count). The normalized spacial score (nSPS) is 10.7. The number of aromatic amines is 1. The number of methoxy groups -OCH3 is 1. The summed E-state index contributed by atoms with van der Waals surface area (Å²) >= 11 is 0. The minimum atomic E-state index is -0.0985. The van der Waals surface area contributed by atoms with Gasteiger partial charge in [0.25, 0.3) is 0 Å². The van der Waals surface area contributed by atoms with E-state index >= 15 is 0 Å². The van der Waals surface area contributed by atoms with E-state index in [0.717, 1.165) is 10.9 Å². The molecule has 1 aromatic carbocycles. The van der Waals surface area contributed by atoms with Gasteiger partial charge in [0, 0.05) is 40.6 Å². The van der Waals surface area contributed by atoms with Crippen molar-refractivity contribution in [2.24, 2.45) is 0 Å². The zero-order valence-electron chi connectivity index (χ0n) is 10.9. The molecule has 0 aliphatic rings. The molecular formula is C15H13N3O2. The van der Waals surface area contributed by atoms with Crippen molar-refractivity contribution in [3.63, 3.8) is 0 Å². The van der Waals surface area contributed by atoms with Crippen LogP contribution in [0.15, 0.2) is 42.9 Å². The summed E-state index contributed by atoms with van der Waals surface area (Å²) in [4.78, 5) is 19.6. The number of aromatic nitrogens is 2. The largest absolute Gasteiger partial charge is 0.495 e. The molecule has 0 bridgehead atoms. The van der Waals surface area contributed by atoms with Gasteiger partial charge in [-0.3, -0.25) is 9.78 Å². The number of rotatable bonds is 3. The second kappa shape index (κ2) is 4.70. The summed E-state index contributed by atoms with van der Waals surface area (Å²) in [5.41, 5.74) is 8.26. The molecule has 0 aliphatic heterocycles. The number of ether oxygens (including phenoxy) is 1. The van der Waals surface area contributed by atoms with Crippen LogP contribution in [0.5, 0.6) is 5.75 Å². The van der Waals surface area contributed by atoms with Gasteiger partial charge in [0.15, 0.2) is 5.78 Å². The lowest BCUT2D eigenvalue weighted by atomic mass is 10.0. The zero-order chi connectivity index (χ0) is 14.1. The summed E-state index contributed by atoms with van der Waals surface area (Å²) in [6.07, 6.45) is 5.04. The summed E-state index contributed by atoms with van der Waals surface area (Å²) in [7, 11) is 1.54. The molecule has 5 nitrogen and oxygen atoms in total. The third-order valence-corrected chi connectivity index (χ3v) is 3.22. The van der Waals surface area contributed by atoms with E-state index in [9.17, 15) is 4.79 Å². The molecule has 0 saturated heterocycles. The van der Waals surface area contributed by atoms with Crippen LogP contribution in [0, 0.1) is 0 Å². The molecule has 100 valence electrons. The predicted octanol–water partition coefficient (Wildman–Crippen LogP) is 2.38. The number of benzene rings is 1. The number of hydrogen-bond donors (Lipinski definition) is 2. The fraction of sp³-hybridized carbons (Fsp3) is 0.0667. The highest BCUT2D eigenvalue weighted by Crippen LogP contribution is 2.25. The summed E-state index contributed by atoms with van der Waals surface area (Å²) in [6, 6.07) is 6.84. The smallest absolute Gasteiger partial charge is 0.195 e. The fourth-order valence-electron chi connectivity index (χ4n) is 2.18. The van der Waals surface area contributed by atoms with Crippen molar-refractivity contribution in [2.45, 2.75) is 0 Å². The highest BCUT2D eigenvalue weighted by molar-refractivity contribution is 6.16. The van der Waals surface area contributed by atoms with Gasteiger partial charge in [-0.15, -0.1) is 0 Å². The number of fused-ring (bicyclic) bond motifs is 1. The number of pyridine rings is 1. The van der Waals surface area contributed by atoms with Gasteiger partial charge in [0.1, 0.15) is 5.75 Å². The number of nitrogens with zero attached hydrogens (tertiary/aromatic N) is 1. The number of carbonyl (C=O) groups excluding carboxylic acids is 1. The van der Waals surface area contributed by atoms with Gasteiger partial charge in [-0.25, -0.2) is 0 Å². The summed E-state index contributed by atoms with van der Waals surface area (Å²) in [5, 5.41) is 0.798. The average Bonchev–Trinajstić information content (AvgIpc) is 2.90. The van der Waals surface area contributed by atoms with Crippen molar-refractivity contribution in [3.8, 4) is 5.75 Å². The minimum Gasteiger partial charge on any atom is -0.495 e. The van der Waals surface area contributed by atoms with Crippen molar-refractivity contribution in [3.05, 3.63) is 54.0 Å². The van der Waals surface area contributed by atoms with E-state index in [2.05, 4.69) is 9.97 Å². The first-order chi connectivity index (χ1) is 9.70. The highest BCUT2D eigenvalue weighted by Gasteiger charge is 2.15. The maximum Gasteiger partial charge on any atom is 0.195 e. The molecule has 0 fully saturated rings. The van der Waals surface area contributed by atoms with Gasteiger partial charge < -0.3 is 15.5 Å². The Morgan fingerprint density at radius 1 is 1.35 bits per heavy atom. The van der Waals surface area contributed by atoms with Crippen LogP contribution in [-0.4, -0.2) is 22.9 Å². The first-order valence-electron chi connectivity index (χ1n) is 6.10. The lowest BCUT2D eigenvalue weighted by molar-refractivity contribution is 0.104. The molecule has 5 heteroatoms. The van der Waals surface area contributed by atoms with Crippen LogP contribution in [0.2, 0.25) is 0 Å². The van der Waals surface area contributed by atoms with Crippen LogP contribution in [-0.2, 0) is 0 Å². The first-order valence-corrected chi connectivity index (χ1v) is 6.10. The van der Waals surface area contributed by atoms with E-state index in [0.29, 0.717) is 22.6 Å². The summed E-state index contributed by atoms with van der Waals surface area (Å²) in [6.45, 7) is 0. The number of carbonyl (C=O) groups is 1. The molecule has 20 heavy (non-hydrogen) atoms. The number of nitrogen functional groups attached to an aromatic ring is 1. The fourth-order valence-corrected chi connectivity index (χ4v) is 2.18. The van der Waals surface area contributed by atoms with Crippen molar-refractivity contribution < 1.29 is 9.53 Å². The molecule has 0 amide bonds. The maximum absolute atomic E-state index is 12.5. The Labute approximate surface area is 115 Å². The second-order valence-corrected chi connectivity index (χ2v) is 4.41. The third kappa shape index (κ3) is 1.89. The third-order valence-electron chi connectivity index (χ3n) is 3.22. The SMILES string of the molecule is COc1ccc(C(=O)c2c[nH]c3ccncc23)cc1N. The quantitative estimate of drug-likeness (QED) is 0.564.